The highest BCUT2D eigenvalue weighted by Gasteiger charge is 2.29. The van der Waals surface area contributed by atoms with Crippen molar-refractivity contribution in [2.45, 2.75) is 46.1 Å². The number of rotatable bonds is 5. The molecule has 0 rings (SSSR count). The Morgan fingerprint density at radius 3 is 2.47 bits per heavy atom. The topological polar surface area (TPSA) is 87.7 Å². The summed E-state index contributed by atoms with van der Waals surface area (Å²) in [4.78, 5) is 11.5. The summed E-state index contributed by atoms with van der Waals surface area (Å²) in [5.74, 6) is 0.237. The maximum Gasteiger partial charge on any atom is 0.221 e. The van der Waals surface area contributed by atoms with Crippen LogP contribution in [-0.4, -0.2) is 22.5 Å². The number of hydrogen-bond donors (Lipinski definition) is 3. The summed E-state index contributed by atoms with van der Waals surface area (Å²) in [5.41, 5.74) is 4.76. The van der Waals surface area contributed by atoms with Crippen molar-refractivity contribution in [3.8, 4) is 0 Å². The number of oxime groups is 1. The molecule has 0 aromatic heterocycles. The Kier molecular flexibility index (Phi) is 5.11. The van der Waals surface area contributed by atoms with Gasteiger partial charge in [-0.15, -0.1) is 0 Å². The minimum atomic E-state index is -0.763. The van der Waals surface area contributed by atoms with Crippen molar-refractivity contribution >= 4 is 11.7 Å². The molecular formula is C10H21N3O2. The first-order valence-electron chi connectivity index (χ1n) is 5.14. The molecule has 0 aliphatic carbocycles. The first kappa shape index (κ1) is 13.7. The molecule has 0 saturated heterocycles. The summed E-state index contributed by atoms with van der Waals surface area (Å²) >= 11 is 0. The third-order valence-corrected chi connectivity index (χ3v) is 2.39. The number of hydrogen-bond acceptors (Lipinski definition) is 3. The van der Waals surface area contributed by atoms with Crippen molar-refractivity contribution in [3.05, 3.63) is 0 Å². The summed E-state index contributed by atoms with van der Waals surface area (Å²) < 4.78 is 0. The number of nitrogens with zero attached hydrogens (tertiary/aromatic N) is 1. The number of amides is 1. The van der Waals surface area contributed by atoms with E-state index in [1.807, 2.05) is 20.8 Å². The fourth-order valence-electron chi connectivity index (χ4n) is 1.17. The molecule has 0 aliphatic rings. The second kappa shape index (κ2) is 5.58. The van der Waals surface area contributed by atoms with E-state index in [1.54, 1.807) is 6.92 Å². The van der Waals surface area contributed by atoms with Crippen LogP contribution in [0.15, 0.2) is 5.16 Å². The van der Waals surface area contributed by atoms with Crippen molar-refractivity contribution in [3.63, 3.8) is 0 Å². The lowest BCUT2D eigenvalue weighted by atomic mass is 9.96. The van der Waals surface area contributed by atoms with Gasteiger partial charge < -0.3 is 16.3 Å². The summed E-state index contributed by atoms with van der Waals surface area (Å²) in [7, 11) is 0. The predicted molar refractivity (Wildman–Crippen MR) is 59.7 cm³/mol. The van der Waals surface area contributed by atoms with Crippen LogP contribution in [0.4, 0.5) is 0 Å². The Bertz CT molecular complexity index is 251. The van der Waals surface area contributed by atoms with Gasteiger partial charge in [-0.3, -0.25) is 4.79 Å². The van der Waals surface area contributed by atoms with E-state index in [2.05, 4.69) is 10.5 Å². The maximum absolute atomic E-state index is 11.5. The van der Waals surface area contributed by atoms with Crippen molar-refractivity contribution in [2.75, 3.05) is 0 Å². The fraction of sp³-hybridized carbons (Fsp3) is 0.800. The summed E-state index contributed by atoms with van der Waals surface area (Å²) in [6, 6.07) is 0. The van der Waals surface area contributed by atoms with Gasteiger partial charge in [0.05, 0.1) is 5.54 Å². The Morgan fingerprint density at radius 2 is 2.13 bits per heavy atom. The van der Waals surface area contributed by atoms with Crippen LogP contribution in [0, 0.1) is 5.92 Å². The van der Waals surface area contributed by atoms with Crippen LogP contribution in [0.2, 0.25) is 0 Å². The summed E-state index contributed by atoms with van der Waals surface area (Å²) in [6.07, 6.45) is 1.01. The van der Waals surface area contributed by atoms with E-state index < -0.39 is 5.54 Å². The second-order valence-electron chi connectivity index (χ2n) is 4.32. The van der Waals surface area contributed by atoms with Gasteiger partial charge in [0.25, 0.3) is 0 Å². The lowest BCUT2D eigenvalue weighted by Crippen LogP contribution is -2.55. The molecule has 1 unspecified atom stereocenters. The summed E-state index contributed by atoms with van der Waals surface area (Å²) in [5, 5.41) is 14.3. The highest BCUT2D eigenvalue weighted by atomic mass is 16.4. The summed E-state index contributed by atoms with van der Waals surface area (Å²) in [6.45, 7) is 7.53. The van der Waals surface area contributed by atoms with E-state index in [1.165, 1.54) is 0 Å². The molecule has 0 aromatic carbocycles. The van der Waals surface area contributed by atoms with Crippen LogP contribution in [0.1, 0.15) is 40.5 Å². The van der Waals surface area contributed by atoms with Crippen LogP contribution in [0.25, 0.3) is 0 Å². The van der Waals surface area contributed by atoms with Crippen molar-refractivity contribution in [1.29, 1.82) is 0 Å². The minimum absolute atomic E-state index is 0.0297. The van der Waals surface area contributed by atoms with E-state index in [0.717, 1.165) is 0 Å². The molecule has 0 aromatic rings. The molecule has 5 heteroatoms. The van der Waals surface area contributed by atoms with Crippen LogP contribution in [0.3, 0.4) is 0 Å². The molecule has 1 atom stereocenters. The zero-order valence-electron chi connectivity index (χ0n) is 9.87. The molecule has 0 heterocycles. The Hall–Kier alpha value is -1.26. The Morgan fingerprint density at radius 1 is 1.60 bits per heavy atom. The lowest BCUT2D eigenvalue weighted by molar-refractivity contribution is -0.122. The van der Waals surface area contributed by atoms with Crippen LogP contribution in [-0.2, 0) is 4.79 Å². The highest BCUT2D eigenvalue weighted by Crippen LogP contribution is 2.10. The van der Waals surface area contributed by atoms with Gasteiger partial charge in [0, 0.05) is 6.42 Å². The van der Waals surface area contributed by atoms with Crippen LogP contribution in [0.5, 0.6) is 0 Å². The normalized spacial score (nSPS) is 16.2. The van der Waals surface area contributed by atoms with Gasteiger partial charge in [-0.1, -0.05) is 25.9 Å². The molecule has 0 aliphatic heterocycles. The standard InChI is InChI=1S/C10H21N3O2/c1-5-10(4,9(11)13-15)12-8(14)6-7(2)3/h7,15H,5-6H2,1-4H3,(H2,11,13)(H,12,14). The lowest BCUT2D eigenvalue weighted by Gasteiger charge is -2.28. The molecule has 88 valence electrons. The van der Waals surface area contributed by atoms with E-state index in [4.69, 9.17) is 10.9 Å². The van der Waals surface area contributed by atoms with Crippen molar-refractivity contribution in [1.82, 2.24) is 5.32 Å². The first-order chi connectivity index (χ1) is 6.85. The zero-order chi connectivity index (χ0) is 12.1. The number of carbonyl (C=O) groups excluding carboxylic acids is 1. The number of nitrogens with one attached hydrogen (secondary N) is 1. The number of nitrogens with two attached hydrogens (primary N) is 1. The van der Waals surface area contributed by atoms with Gasteiger partial charge in [-0.05, 0) is 19.3 Å². The predicted octanol–water partition coefficient (Wildman–Crippen LogP) is 1.06. The Labute approximate surface area is 90.7 Å². The minimum Gasteiger partial charge on any atom is -0.409 e. The highest BCUT2D eigenvalue weighted by molar-refractivity contribution is 5.93. The van der Waals surface area contributed by atoms with Crippen LogP contribution >= 0.6 is 0 Å². The largest absolute Gasteiger partial charge is 0.409 e. The molecular weight excluding hydrogens is 194 g/mol. The Balaban J connectivity index is 4.51. The van der Waals surface area contributed by atoms with E-state index >= 15 is 0 Å². The molecule has 0 bridgehead atoms. The fourth-order valence-corrected chi connectivity index (χ4v) is 1.17. The molecule has 15 heavy (non-hydrogen) atoms. The van der Waals surface area contributed by atoms with E-state index in [0.29, 0.717) is 18.8 Å². The van der Waals surface area contributed by atoms with E-state index in [9.17, 15) is 4.79 Å². The molecule has 0 saturated carbocycles. The van der Waals surface area contributed by atoms with E-state index in [-0.39, 0.29) is 11.7 Å². The monoisotopic (exact) mass is 215 g/mol. The van der Waals surface area contributed by atoms with Crippen LogP contribution < -0.4 is 11.1 Å². The zero-order valence-corrected chi connectivity index (χ0v) is 9.87. The number of carbonyl (C=O) groups is 1. The molecule has 4 N–H and O–H groups in total. The third kappa shape index (κ3) is 4.18. The smallest absolute Gasteiger partial charge is 0.221 e. The molecule has 0 spiro atoms. The average molecular weight is 215 g/mol. The van der Waals surface area contributed by atoms with Crippen molar-refractivity contribution in [2.24, 2.45) is 16.8 Å². The molecule has 0 radical (unpaired) electrons. The SMILES string of the molecule is CCC(C)(NC(=O)CC(C)C)/C(N)=N/O. The second-order valence-corrected chi connectivity index (χ2v) is 4.32. The molecule has 1 amide bonds. The molecule has 5 nitrogen and oxygen atoms in total. The van der Waals surface area contributed by atoms with Gasteiger partial charge in [-0.25, -0.2) is 0 Å². The van der Waals surface area contributed by atoms with Crippen molar-refractivity contribution < 1.29 is 10.0 Å². The van der Waals surface area contributed by atoms with Gasteiger partial charge in [0.2, 0.25) is 5.91 Å². The van der Waals surface area contributed by atoms with Gasteiger partial charge >= 0.3 is 0 Å². The average Bonchev–Trinajstić information content (AvgIpc) is 2.14. The quantitative estimate of drug-likeness (QED) is 0.277. The first-order valence-corrected chi connectivity index (χ1v) is 5.14. The molecule has 0 fully saturated rings. The van der Waals surface area contributed by atoms with Gasteiger partial charge in [-0.2, -0.15) is 0 Å². The third-order valence-electron chi connectivity index (χ3n) is 2.39. The van der Waals surface area contributed by atoms with Gasteiger partial charge in [0.15, 0.2) is 5.84 Å². The maximum atomic E-state index is 11.5. The number of amidine groups is 1. The van der Waals surface area contributed by atoms with Gasteiger partial charge in [0.1, 0.15) is 0 Å².